The SMILES string of the molecule is O=C(Nc1nc([C@H]2CCCN2c2ccc(N(C(=O)O)C3COC3)cc2)cs1)c1cccn1Cc1ccnc(F)c1. The summed E-state index contributed by atoms with van der Waals surface area (Å²) in [6.45, 7) is 2.00. The minimum Gasteiger partial charge on any atom is -0.465 e. The molecule has 3 aromatic heterocycles. The minimum absolute atomic E-state index is 0.0498. The van der Waals surface area contributed by atoms with E-state index >= 15 is 0 Å². The Morgan fingerprint density at radius 2 is 2.02 bits per heavy atom. The highest BCUT2D eigenvalue weighted by Crippen LogP contribution is 2.38. The fourth-order valence-electron chi connectivity index (χ4n) is 5.19. The number of benzene rings is 1. The van der Waals surface area contributed by atoms with E-state index in [-0.39, 0.29) is 18.0 Å². The summed E-state index contributed by atoms with van der Waals surface area (Å²) in [4.78, 5) is 36.8. The van der Waals surface area contributed by atoms with E-state index in [0.29, 0.717) is 41.8 Å². The molecule has 1 aromatic carbocycles. The second-order valence-corrected chi connectivity index (χ2v) is 10.6. The Bertz CT molecular complexity index is 1520. The van der Waals surface area contributed by atoms with Crippen molar-refractivity contribution in [3.05, 3.63) is 89.2 Å². The molecule has 0 aliphatic carbocycles. The number of nitrogens with zero attached hydrogens (tertiary/aromatic N) is 5. The number of halogens is 1. The van der Waals surface area contributed by atoms with Crippen molar-refractivity contribution in [3.63, 3.8) is 0 Å². The number of thiazole rings is 1. The van der Waals surface area contributed by atoms with Gasteiger partial charge < -0.3 is 19.3 Å². The molecule has 2 fully saturated rings. The van der Waals surface area contributed by atoms with Crippen LogP contribution in [0.15, 0.2) is 66.3 Å². The van der Waals surface area contributed by atoms with Crippen LogP contribution in [0, 0.1) is 5.95 Å². The monoisotopic (exact) mass is 562 g/mol. The van der Waals surface area contributed by atoms with E-state index in [1.54, 1.807) is 29.0 Å². The van der Waals surface area contributed by atoms with E-state index < -0.39 is 12.0 Å². The number of carbonyl (C=O) groups excluding carboxylic acids is 1. The smallest absolute Gasteiger partial charge is 0.412 e. The number of rotatable bonds is 8. The van der Waals surface area contributed by atoms with Gasteiger partial charge in [-0.15, -0.1) is 11.3 Å². The quantitative estimate of drug-likeness (QED) is 0.291. The number of anilines is 3. The maximum Gasteiger partial charge on any atom is 0.412 e. The molecule has 2 N–H and O–H groups in total. The van der Waals surface area contributed by atoms with Crippen LogP contribution in [0.4, 0.5) is 25.7 Å². The van der Waals surface area contributed by atoms with Crippen molar-refractivity contribution in [2.45, 2.75) is 31.5 Å². The maximum absolute atomic E-state index is 13.5. The Hall–Kier alpha value is -4.29. The zero-order valence-electron chi connectivity index (χ0n) is 21.4. The van der Waals surface area contributed by atoms with Gasteiger partial charge in [0.25, 0.3) is 5.91 Å². The summed E-state index contributed by atoms with van der Waals surface area (Å²) in [6.07, 6.45) is 4.11. The van der Waals surface area contributed by atoms with Crippen LogP contribution in [0.5, 0.6) is 0 Å². The lowest BCUT2D eigenvalue weighted by atomic mass is 10.1. The molecule has 40 heavy (non-hydrogen) atoms. The zero-order valence-corrected chi connectivity index (χ0v) is 22.3. The average molecular weight is 563 g/mol. The first kappa shape index (κ1) is 26.0. The van der Waals surface area contributed by atoms with Crippen molar-refractivity contribution in [2.24, 2.45) is 0 Å². The second kappa shape index (κ2) is 11.1. The Labute approximate surface area is 233 Å². The Kier molecular flexibility index (Phi) is 7.18. The molecule has 0 radical (unpaired) electrons. The van der Waals surface area contributed by atoms with Gasteiger partial charge in [0, 0.05) is 42.2 Å². The summed E-state index contributed by atoms with van der Waals surface area (Å²) in [6, 6.07) is 14.0. The molecule has 0 unspecified atom stereocenters. The molecular weight excluding hydrogens is 535 g/mol. The number of carbonyl (C=O) groups is 2. The van der Waals surface area contributed by atoms with Crippen molar-refractivity contribution in [2.75, 3.05) is 34.9 Å². The molecule has 5 heterocycles. The summed E-state index contributed by atoms with van der Waals surface area (Å²) in [5.74, 6) is -0.854. The number of ether oxygens (including phenoxy) is 1. The third-order valence-corrected chi connectivity index (χ3v) is 7.97. The largest absolute Gasteiger partial charge is 0.465 e. The molecule has 2 aliphatic rings. The van der Waals surface area contributed by atoms with E-state index in [1.165, 1.54) is 28.5 Å². The van der Waals surface area contributed by atoms with Gasteiger partial charge in [0.1, 0.15) is 5.69 Å². The Morgan fingerprint density at radius 3 is 2.75 bits per heavy atom. The summed E-state index contributed by atoms with van der Waals surface area (Å²) in [5, 5.41) is 15.0. The van der Waals surface area contributed by atoms with Gasteiger partial charge in [0.15, 0.2) is 5.13 Å². The molecular formula is C28H27FN6O4S. The van der Waals surface area contributed by atoms with Gasteiger partial charge in [-0.2, -0.15) is 4.39 Å². The summed E-state index contributed by atoms with van der Waals surface area (Å²) < 4.78 is 20.4. The van der Waals surface area contributed by atoms with E-state index in [9.17, 15) is 19.1 Å². The normalized spacial score (nSPS) is 17.0. The maximum atomic E-state index is 13.5. The number of nitrogens with one attached hydrogen (secondary N) is 1. The first-order valence-corrected chi connectivity index (χ1v) is 13.8. The lowest BCUT2D eigenvalue weighted by molar-refractivity contribution is 0.00897. The third-order valence-electron chi connectivity index (χ3n) is 7.19. The Morgan fingerprint density at radius 1 is 1.20 bits per heavy atom. The predicted molar refractivity (Wildman–Crippen MR) is 149 cm³/mol. The lowest BCUT2D eigenvalue weighted by Gasteiger charge is -2.35. The number of aromatic nitrogens is 3. The minimum atomic E-state index is -0.990. The summed E-state index contributed by atoms with van der Waals surface area (Å²) in [7, 11) is 0. The molecule has 2 saturated heterocycles. The van der Waals surface area contributed by atoms with Gasteiger partial charge in [-0.05, 0) is 66.9 Å². The van der Waals surface area contributed by atoms with Gasteiger partial charge in [-0.25, -0.2) is 14.8 Å². The molecule has 10 nitrogen and oxygen atoms in total. The van der Waals surface area contributed by atoms with Crippen LogP contribution < -0.4 is 15.1 Å². The molecule has 12 heteroatoms. The molecule has 6 rings (SSSR count). The molecule has 0 saturated carbocycles. The number of carboxylic acid groups (broad SMARTS) is 1. The van der Waals surface area contributed by atoms with Crippen LogP contribution in [0.25, 0.3) is 0 Å². The van der Waals surface area contributed by atoms with Crippen LogP contribution in [0.3, 0.4) is 0 Å². The van der Waals surface area contributed by atoms with Gasteiger partial charge >= 0.3 is 6.09 Å². The van der Waals surface area contributed by atoms with Crippen LogP contribution in [-0.4, -0.2) is 57.4 Å². The van der Waals surface area contributed by atoms with Crippen molar-refractivity contribution in [1.29, 1.82) is 0 Å². The van der Waals surface area contributed by atoms with Crippen LogP contribution in [-0.2, 0) is 11.3 Å². The first-order chi connectivity index (χ1) is 19.5. The van der Waals surface area contributed by atoms with E-state index in [0.717, 1.165) is 30.8 Å². The van der Waals surface area contributed by atoms with Crippen molar-refractivity contribution < 1.29 is 23.8 Å². The predicted octanol–water partition coefficient (Wildman–Crippen LogP) is 5.00. The van der Waals surface area contributed by atoms with Gasteiger partial charge in [-0.3, -0.25) is 15.0 Å². The average Bonchev–Trinajstić information content (AvgIpc) is 3.67. The molecule has 2 amide bonds. The number of hydrogen-bond acceptors (Lipinski definition) is 7. The second-order valence-electron chi connectivity index (χ2n) is 9.75. The van der Waals surface area contributed by atoms with Gasteiger partial charge in [0.05, 0.1) is 31.0 Å². The van der Waals surface area contributed by atoms with Gasteiger partial charge in [-0.1, -0.05) is 0 Å². The highest BCUT2D eigenvalue weighted by atomic mass is 32.1. The molecule has 1 atom stereocenters. The standard InChI is InChI=1S/C28H27FN6O4S/c29-25-13-18(9-10-30-25)14-33-11-1-4-24(33)26(36)32-27-31-22(17-40-27)23-3-2-12-34(23)19-5-7-20(8-6-19)35(28(37)38)21-15-39-16-21/h1,4-11,13,17,21,23H,2-3,12,14-16H2,(H,37,38)(H,31,32,36)/t23-/m1/s1. The first-order valence-electron chi connectivity index (χ1n) is 13.0. The topological polar surface area (TPSA) is 113 Å². The highest BCUT2D eigenvalue weighted by Gasteiger charge is 2.32. The molecule has 0 bridgehead atoms. The van der Waals surface area contributed by atoms with Crippen LogP contribution >= 0.6 is 11.3 Å². The highest BCUT2D eigenvalue weighted by molar-refractivity contribution is 7.14. The van der Waals surface area contributed by atoms with Gasteiger partial charge in [0.2, 0.25) is 5.95 Å². The van der Waals surface area contributed by atoms with Crippen LogP contribution in [0.2, 0.25) is 0 Å². The number of pyridine rings is 1. The lowest BCUT2D eigenvalue weighted by Crippen LogP contribution is -2.51. The number of hydrogen-bond donors (Lipinski definition) is 2. The van der Waals surface area contributed by atoms with Crippen molar-refractivity contribution in [3.8, 4) is 0 Å². The third kappa shape index (κ3) is 5.27. The summed E-state index contributed by atoms with van der Waals surface area (Å²) >= 11 is 1.37. The Balaban J connectivity index is 1.13. The zero-order chi connectivity index (χ0) is 27.6. The fraction of sp³-hybridized carbons (Fsp3) is 0.286. The van der Waals surface area contributed by atoms with Crippen molar-refractivity contribution >= 4 is 39.8 Å². The number of amides is 2. The molecule has 4 aromatic rings. The van der Waals surface area contributed by atoms with E-state index in [2.05, 4.69) is 15.2 Å². The van der Waals surface area contributed by atoms with E-state index in [1.807, 2.05) is 29.6 Å². The molecule has 0 spiro atoms. The van der Waals surface area contributed by atoms with Crippen LogP contribution in [0.1, 0.15) is 40.6 Å². The van der Waals surface area contributed by atoms with Crippen molar-refractivity contribution in [1.82, 2.24) is 14.5 Å². The molecule has 2 aliphatic heterocycles. The van der Waals surface area contributed by atoms with E-state index in [4.69, 9.17) is 9.72 Å². The summed E-state index contributed by atoms with van der Waals surface area (Å²) in [5.41, 5.74) is 3.64. The molecule has 206 valence electrons. The fourth-order valence-corrected chi connectivity index (χ4v) is 5.94.